The van der Waals surface area contributed by atoms with Gasteiger partial charge in [0.1, 0.15) is 0 Å². The molecule has 0 unspecified atom stereocenters. The van der Waals surface area contributed by atoms with Crippen molar-refractivity contribution in [2.24, 2.45) is 0 Å². The number of urea groups is 1. The molecule has 5 nitrogen and oxygen atoms in total. The van der Waals surface area contributed by atoms with Gasteiger partial charge < -0.3 is 10.6 Å². The first-order valence-electron chi connectivity index (χ1n) is 7.91. The Kier molecular flexibility index (Phi) is 5.09. The summed E-state index contributed by atoms with van der Waals surface area (Å²) in [5.74, 6) is 0. The van der Waals surface area contributed by atoms with Crippen molar-refractivity contribution in [3.05, 3.63) is 66.0 Å². The summed E-state index contributed by atoms with van der Waals surface area (Å²) < 4.78 is 1.86. The molecule has 1 aromatic heterocycles. The van der Waals surface area contributed by atoms with Crippen molar-refractivity contribution >= 4 is 29.2 Å². The van der Waals surface area contributed by atoms with Crippen LogP contribution in [0, 0.1) is 13.8 Å². The fourth-order valence-electron chi connectivity index (χ4n) is 2.60. The molecule has 0 aliphatic heterocycles. The molecular formula is C19H20N4OS. The largest absolute Gasteiger partial charge is 0.323 e. The Bertz CT molecular complexity index is 904. The van der Waals surface area contributed by atoms with Gasteiger partial charge in [-0.3, -0.25) is 0 Å². The number of nitrogens with zero attached hydrogens (tertiary/aromatic N) is 2. The second kappa shape index (κ2) is 7.44. The van der Waals surface area contributed by atoms with Crippen LogP contribution in [0.2, 0.25) is 0 Å². The highest BCUT2D eigenvalue weighted by Crippen LogP contribution is 2.20. The predicted molar refractivity (Wildman–Crippen MR) is 104 cm³/mol. The quantitative estimate of drug-likeness (QED) is 0.660. The third-order valence-electron chi connectivity index (χ3n) is 3.69. The van der Waals surface area contributed by atoms with E-state index >= 15 is 0 Å². The van der Waals surface area contributed by atoms with Gasteiger partial charge in [-0.2, -0.15) is 5.10 Å². The lowest BCUT2D eigenvalue weighted by Gasteiger charge is -2.10. The molecule has 0 bridgehead atoms. The predicted octanol–water partition coefficient (Wildman–Crippen LogP) is 4.86. The summed E-state index contributed by atoms with van der Waals surface area (Å²) in [5, 5.41) is 10.2. The summed E-state index contributed by atoms with van der Waals surface area (Å²) in [5.41, 5.74) is 4.39. The van der Waals surface area contributed by atoms with E-state index in [0.717, 1.165) is 27.7 Å². The molecule has 0 aliphatic carbocycles. The average molecular weight is 352 g/mol. The van der Waals surface area contributed by atoms with E-state index in [4.69, 9.17) is 0 Å². The first kappa shape index (κ1) is 17.1. The molecule has 128 valence electrons. The summed E-state index contributed by atoms with van der Waals surface area (Å²) in [6.07, 6.45) is 2.00. The van der Waals surface area contributed by atoms with Gasteiger partial charge in [-0.05, 0) is 62.6 Å². The zero-order valence-corrected chi connectivity index (χ0v) is 15.2. The summed E-state index contributed by atoms with van der Waals surface area (Å²) in [4.78, 5) is 13.4. The lowest BCUT2D eigenvalue weighted by Crippen LogP contribution is -2.19. The molecule has 2 aromatic carbocycles. The van der Waals surface area contributed by atoms with Crippen LogP contribution in [-0.2, 0) is 0 Å². The van der Waals surface area contributed by atoms with Crippen molar-refractivity contribution in [2.45, 2.75) is 18.7 Å². The van der Waals surface area contributed by atoms with Gasteiger partial charge in [0.05, 0.1) is 11.4 Å². The van der Waals surface area contributed by atoms with E-state index in [1.807, 2.05) is 79.4 Å². The molecule has 0 fully saturated rings. The van der Waals surface area contributed by atoms with Crippen molar-refractivity contribution in [3.8, 4) is 5.69 Å². The monoisotopic (exact) mass is 352 g/mol. The van der Waals surface area contributed by atoms with E-state index in [2.05, 4.69) is 15.7 Å². The number of benzene rings is 2. The second-order valence-corrected chi connectivity index (χ2v) is 6.58. The van der Waals surface area contributed by atoms with Gasteiger partial charge in [0.15, 0.2) is 0 Å². The lowest BCUT2D eigenvalue weighted by atomic mass is 10.2. The van der Waals surface area contributed by atoms with Gasteiger partial charge in [0.25, 0.3) is 0 Å². The molecule has 0 saturated heterocycles. The number of aromatic nitrogens is 2. The van der Waals surface area contributed by atoms with E-state index in [9.17, 15) is 4.79 Å². The van der Waals surface area contributed by atoms with E-state index < -0.39 is 0 Å². The molecule has 6 heteroatoms. The van der Waals surface area contributed by atoms with Crippen molar-refractivity contribution in [1.29, 1.82) is 0 Å². The smallest absolute Gasteiger partial charge is 0.308 e. The fraction of sp³-hybridized carbons (Fsp3) is 0.158. The number of nitrogens with one attached hydrogen (secondary N) is 2. The van der Waals surface area contributed by atoms with Crippen LogP contribution < -0.4 is 10.6 Å². The molecule has 1 heterocycles. The summed E-state index contributed by atoms with van der Waals surface area (Å²) in [7, 11) is 0. The van der Waals surface area contributed by atoms with Crippen molar-refractivity contribution in [3.63, 3.8) is 0 Å². The first-order chi connectivity index (χ1) is 12.0. The molecule has 3 aromatic rings. The average Bonchev–Trinajstić information content (AvgIpc) is 2.93. The van der Waals surface area contributed by atoms with Crippen molar-refractivity contribution in [2.75, 3.05) is 16.9 Å². The van der Waals surface area contributed by atoms with Crippen LogP contribution in [0.25, 0.3) is 5.69 Å². The fourth-order valence-corrected chi connectivity index (χ4v) is 3.06. The van der Waals surface area contributed by atoms with Crippen LogP contribution in [0.4, 0.5) is 16.2 Å². The highest BCUT2D eigenvalue weighted by atomic mass is 32.2. The zero-order valence-electron chi connectivity index (χ0n) is 14.4. The Morgan fingerprint density at radius 2 is 1.68 bits per heavy atom. The molecule has 25 heavy (non-hydrogen) atoms. The number of carbonyl (C=O) groups excluding carboxylic acids is 1. The van der Waals surface area contributed by atoms with E-state index in [1.165, 1.54) is 0 Å². The second-order valence-electron chi connectivity index (χ2n) is 5.70. The first-order valence-corrected chi connectivity index (χ1v) is 9.13. The number of thioether (sulfide) groups is 1. The minimum Gasteiger partial charge on any atom is -0.308 e. The van der Waals surface area contributed by atoms with E-state index in [0.29, 0.717) is 5.69 Å². The molecule has 2 N–H and O–H groups in total. The van der Waals surface area contributed by atoms with E-state index in [-0.39, 0.29) is 6.03 Å². The highest BCUT2D eigenvalue weighted by molar-refractivity contribution is 7.98. The normalized spacial score (nSPS) is 10.5. The van der Waals surface area contributed by atoms with Crippen LogP contribution in [0.1, 0.15) is 11.4 Å². The van der Waals surface area contributed by atoms with Gasteiger partial charge in [-0.1, -0.05) is 12.1 Å². The number of carbonyl (C=O) groups is 1. The standard InChI is InChI=1S/C19H20N4OS/c1-13-10-14(2)23(22-13)17-8-4-6-15(11-17)20-19(24)21-16-7-5-9-18(12-16)25-3/h4-12H,1-3H3,(H2,20,21,24). The Labute approximate surface area is 151 Å². The highest BCUT2D eigenvalue weighted by Gasteiger charge is 2.07. The third-order valence-corrected chi connectivity index (χ3v) is 4.41. The number of hydrogen-bond donors (Lipinski definition) is 2. The van der Waals surface area contributed by atoms with Gasteiger partial charge in [-0.15, -0.1) is 11.8 Å². The van der Waals surface area contributed by atoms with Crippen LogP contribution in [0.15, 0.2) is 59.5 Å². The number of aryl methyl sites for hydroxylation is 2. The van der Waals surface area contributed by atoms with Crippen molar-refractivity contribution in [1.82, 2.24) is 9.78 Å². The minimum atomic E-state index is -0.274. The molecule has 0 atom stereocenters. The minimum absolute atomic E-state index is 0.274. The number of anilines is 2. The SMILES string of the molecule is CSc1cccc(NC(=O)Nc2cccc(-n3nc(C)cc3C)c2)c1. The molecular weight excluding hydrogens is 332 g/mol. The molecule has 3 rings (SSSR count). The number of rotatable bonds is 4. The van der Waals surface area contributed by atoms with Crippen LogP contribution in [0.3, 0.4) is 0 Å². The van der Waals surface area contributed by atoms with Crippen molar-refractivity contribution < 1.29 is 4.79 Å². The molecule has 0 saturated carbocycles. The molecule has 0 spiro atoms. The number of hydrogen-bond acceptors (Lipinski definition) is 3. The zero-order chi connectivity index (χ0) is 17.8. The van der Waals surface area contributed by atoms with Gasteiger partial charge in [0, 0.05) is 22.0 Å². The molecule has 0 radical (unpaired) electrons. The Balaban J connectivity index is 1.73. The Morgan fingerprint density at radius 1 is 1.00 bits per heavy atom. The number of amides is 2. The maximum atomic E-state index is 12.2. The molecule has 0 aliphatic rings. The van der Waals surface area contributed by atoms with Gasteiger partial charge >= 0.3 is 6.03 Å². The van der Waals surface area contributed by atoms with Gasteiger partial charge in [-0.25, -0.2) is 9.48 Å². The third kappa shape index (κ3) is 4.22. The maximum Gasteiger partial charge on any atom is 0.323 e. The topological polar surface area (TPSA) is 59.0 Å². The lowest BCUT2D eigenvalue weighted by molar-refractivity contribution is 0.262. The Hall–Kier alpha value is -2.73. The summed E-state index contributed by atoms with van der Waals surface area (Å²) in [6, 6.07) is 17.1. The summed E-state index contributed by atoms with van der Waals surface area (Å²) >= 11 is 1.64. The Morgan fingerprint density at radius 3 is 2.32 bits per heavy atom. The van der Waals surface area contributed by atoms with E-state index in [1.54, 1.807) is 11.8 Å². The van der Waals surface area contributed by atoms with Gasteiger partial charge in [0.2, 0.25) is 0 Å². The maximum absolute atomic E-state index is 12.2. The van der Waals surface area contributed by atoms with Crippen LogP contribution in [0.5, 0.6) is 0 Å². The molecule has 2 amide bonds. The van der Waals surface area contributed by atoms with Crippen LogP contribution >= 0.6 is 11.8 Å². The summed E-state index contributed by atoms with van der Waals surface area (Å²) in [6.45, 7) is 3.97. The van der Waals surface area contributed by atoms with Crippen LogP contribution in [-0.4, -0.2) is 22.1 Å².